The summed E-state index contributed by atoms with van der Waals surface area (Å²) in [6.07, 6.45) is 0.632. The summed E-state index contributed by atoms with van der Waals surface area (Å²) >= 11 is 3.24. The van der Waals surface area contributed by atoms with Crippen molar-refractivity contribution in [3.63, 3.8) is 0 Å². The van der Waals surface area contributed by atoms with E-state index in [1.54, 1.807) is 6.07 Å². The van der Waals surface area contributed by atoms with E-state index in [4.69, 9.17) is 11.5 Å². The van der Waals surface area contributed by atoms with Crippen LogP contribution in [0.25, 0.3) is 0 Å². The summed E-state index contributed by atoms with van der Waals surface area (Å²) in [6, 6.07) is 1.60. The van der Waals surface area contributed by atoms with Crippen LogP contribution in [-0.2, 0) is 16.0 Å². The molecule has 1 rings (SSSR count). The summed E-state index contributed by atoms with van der Waals surface area (Å²) < 4.78 is 0.572. The maximum atomic E-state index is 11.0. The highest BCUT2D eigenvalue weighted by molar-refractivity contribution is 9.10. The summed E-state index contributed by atoms with van der Waals surface area (Å²) in [5.74, 6) is -0.0993. The average molecular weight is 316 g/mol. The zero-order chi connectivity index (χ0) is 13.7. The molecule has 0 aliphatic rings. The number of anilines is 1. The largest absolute Gasteiger partial charge is 0.368 e. The van der Waals surface area contributed by atoms with Crippen LogP contribution in [0.1, 0.15) is 12.7 Å². The molecule has 0 saturated carbocycles. The molecule has 8 heteroatoms. The van der Waals surface area contributed by atoms with Gasteiger partial charge in [-0.25, -0.2) is 9.97 Å². The molecule has 0 spiro atoms. The molecule has 1 aromatic heterocycles. The van der Waals surface area contributed by atoms with Crippen molar-refractivity contribution in [2.45, 2.75) is 13.3 Å². The second-order valence-corrected chi connectivity index (χ2v) is 4.42. The van der Waals surface area contributed by atoms with Crippen LogP contribution in [0.2, 0.25) is 0 Å². The first kappa shape index (κ1) is 14.4. The molecule has 2 amide bonds. The molecule has 0 aliphatic carbocycles. The van der Waals surface area contributed by atoms with Crippen LogP contribution in [0.5, 0.6) is 0 Å². The van der Waals surface area contributed by atoms with Crippen molar-refractivity contribution in [2.24, 2.45) is 11.5 Å². The number of nitrogens with two attached hydrogens (primary N) is 2. The number of carbonyl (C=O) groups is 2. The van der Waals surface area contributed by atoms with Gasteiger partial charge in [-0.3, -0.25) is 9.59 Å². The first-order valence-electron chi connectivity index (χ1n) is 5.27. The van der Waals surface area contributed by atoms with E-state index in [-0.39, 0.29) is 13.1 Å². The Morgan fingerprint density at radius 2 is 1.83 bits per heavy atom. The van der Waals surface area contributed by atoms with Crippen LogP contribution < -0.4 is 16.4 Å². The van der Waals surface area contributed by atoms with E-state index in [9.17, 15) is 9.59 Å². The normalized spacial score (nSPS) is 10.1. The van der Waals surface area contributed by atoms with E-state index >= 15 is 0 Å². The highest BCUT2D eigenvalue weighted by Crippen LogP contribution is 2.16. The van der Waals surface area contributed by atoms with Gasteiger partial charge in [-0.2, -0.15) is 0 Å². The molecule has 0 saturated heterocycles. The Kier molecular flexibility index (Phi) is 5.02. The van der Waals surface area contributed by atoms with E-state index in [0.29, 0.717) is 22.7 Å². The molecular weight excluding hydrogens is 302 g/mol. The molecule has 0 aromatic carbocycles. The van der Waals surface area contributed by atoms with Gasteiger partial charge in [0.1, 0.15) is 16.2 Å². The highest BCUT2D eigenvalue weighted by atomic mass is 79.9. The molecule has 0 unspecified atom stereocenters. The molecule has 0 atom stereocenters. The monoisotopic (exact) mass is 315 g/mol. The molecule has 98 valence electrons. The van der Waals surface area contributed by atoms with Crippen molar-refractivity contribution in [1.82, 2.24) is 9.97 Å². The Balaban J connectivity index is 3.06. The third kappa shape index (κ3) is 4.28. The van der Waals surface area contributed by atoms with Gasteiger partial charge in [0.25, 0.3) is 0 Å². The second kappa shape index (κ2) is 6.29. The van der Waals surface area contributed by atoms with Crippen molar-refractivity contribution in [3.8, 4) is 0 Å². The fourth-order valence-electron chi connectivity index (χ4n) is 1.37. The summed E-state index contributed by atoms with van der Waals surface area (Å²) in [6.45, 7) is 1.64. The molecule has 18 heavy (non-hydrogen) atoms. The molecule has 0 radical (unpaired) electrons. The van der Waals surface area contributed by atoms with Crippen LogP contribution in [0.4, 0.5) is 5.82 Å². The lowest BCUT2D eigenvalue weighted by Gasteiger charge is -2.20. The van der Waals surface area contributed by atoms with Gasteiger partial charge in [0.15, 0.2) is 0 Å². The number of amides is 2. The second-order valence-electron chi connectivity index (χ2n) is 3.61. The first-order chi connectivity index (χ1) is 8.42. The minimum Gasteiger partial charge on any atom is -0.368 e. The maximum Gasteiger partial charge on any atom is 0.237 e. The number of carbonyl (C=O) groups excluding carboxylic acids is 2. The molecular formula is C10H14BrN5O2. The zero-order valence-electron chi connectivity index (χ0n) is 9.89. The maximum absolute atomic E-state index is 11.0. The average Bonchev–Trinajstić information content (AvgIpc) is 2.26. The van der Waals surface area contributed by atoms with Gasteiger partial charge < -0.3 is 16.4 Å². The lowest BCUT2D eigenvalue weighted by Crippen LogP contribution is -2.40. The molecule has 1 heterocycles. The topological polar surface area (TPSA) is 115 Å². The highest BCUT2D eigenvalue weighted by Gasteiger charge is 2.15. The van der Waals surface area contributed by atoms with Gasteiger partial charge in [0.05, 0.1) is 13.1 Å². The van der Waals surface area contributed by atoms with Gasteiger partial charge in [-0.05, 0) is 15.9 Å². The van der Waals surface area contributed by atoms with E-state index in [2.05, 4.69) is 25.9 Å². The third-order valence-electron chi connectivity index (χ3n) is 2.06. The molecule has 7 nitrogen and oxygen atoms in total. The van der Waals surface area contributed by atoms with Crippen LogP contribution >= 0.6 is 15.9 Å². The summed E-state index contributed by atoms with van der Waals surface area (Å²) in [5, 5.41) is 0. The van der Waals surface area contributed by atoms with Gasteiger partial charge in [0, 0.05) is 12.5 Å². The van der Waals surface area contributed by atoms with Crippen LogP contribution in [0, 0.1) is 0 Å². The Morgan fingerprint density at radius 1 is 1.28 bits per heavy atom. The summed E-state index contributed by atoms with van der Waals surface area (Å²) in [7, 11) is 0. The predicted molar refractivity (Wildman–Crippen MR) is 69.7 cm³/mol. The fraction of sp³-hybridized carbons (Fsp3) is 0.400. The minimum atomic E-state index is -0.566. The number of nitrogens with zero attached hydrogens (tertiary/aromatic N) is 3. The van der Waals surface area contributed by atoms with Crippen molar-refractivity contribution >= 4 is 33.6 Å². The zero-order valence-corrected chi connectivity index (χ0v) is 11.5. The van der Waals surface area contributed by atoms with Crippen LogP contribution in [0.3, 0.4) is 0 Å². The number of halogens is 1. The van der Waals surface area contributed by atoms with E-state index in [1.807, 2.05) is 6.92 Å². The quantitative estimate of drug-likeness (QED) is 0.692. The Morgan fingerprint density at radius 3 is 2.28 bits per heavy atom. The van der Waals surface area contributed by atoms with Gasteiger partial charge in [0.2, 0.25) is 11.8 Å². The SMILES string of the molecule is CCc1nc(Br)cc(N(CC(N)=O)CC(N)=O)n1. The Hall–Kier alpha value is -1.70. The molecule has 0 aliphatic heterocycles. The van der Waals surface area contributed by atoms with Gasteiger partial charge in [-0.1, -0.05) is 6.92 Å². The lowest BCUT2D eigenvalue weighted by molar-refractivity contribution is -0.117. The smallest absolute Gasteiger partial charge is 0.237 e. The molecule has 0 fully saturated rings. The first-order valence-corrected chi connectivity index (χ1v) is 6.06. The number of aryl methyl sites for hydroxylation is 1. The van der Waals surface area contributed by atoms with E-state index in [1.165, 1.54) is 4.90 Å². The fourth-order valence-corrected chi connectivity index (χ4v) is 1.78. The minimum absolute atomic E-state index is 0.129. The van der Waals surface area contributed by atoms with Crippen molar-refractivity contribution < 1.29 is 9.59 Å². The van der Waals surface area contributed by atoms with Crippen molar-refractivity contribution in [3.05, 3.63) is 16.5 Å². The third-order valence-corrected chi connectivity index (χ3v) is 2.47. The Bertz CT molecular complexity index is 450. The number of hydrogen-bond donors (Lipinski definition) is 2. The molecule has 1 aromatic rings. The van der Waals surface area contributed by atoms with E-state index < -0.39 is 11.8 Å². The summed E-state index contributed by atoms with van der Waals surface area (Å²) in [5.41, 5.74) is 10.3. The van der Waals surface area contributed by atoms with E-state index in [0.717, 1.165) is 0 Å². The molecule has 0 bridgehead atoms. The Labute approximate surface area is 113 Å². The van der Waals surface area contributed by atoms with Gasteiger partial charge >= 0.3 is 0 Å². The van der Waals surface area contributed by atoms with Crippen LogP contribution in [-0.4, -0.2) is 34.9 Å². The van der Waals surface area contributed by atoms with Gasteiger partial charge in [-0.15, -0.1) is 0 Å². The predicted octanol–water partition coefficient (Wildman–Crippen LogP) is -0.421. The number of hydrogen-bond acceptors (Lipinski definition) is 5. The van der Waals surface area contributed by atoms with Crippen molar-refractivity contribution in [1.29, 1.82) is 0 Å². The summed E-state index contributed by atoms with van der Waals surface area (Å²) in [4.78, 5) is 31.7. The lowest BCUT2D eigenvalue weighted by atomic mass is 10.4. The standard InChI is InChI=1S/C10H14BrN5O2/c1-2-9-14-6(11)3-10(15-9)16(4-7(12)17)5-8(13)18/h3H,2,4-5H2,1H3,(H2,12,17)(H2,13,18). The number of aromatic nitrogens is 2. The number of primary amides is 2. The number of rotatable bonds is 6. The van der Waals surface area contributed by atoms with Crippen LogP contribution in [0.15, 0.2) is 10.7 Å². The molecule has 4 N–H and O–H groups in total. The van der Waals surface area contributed by atoms with Crippen molar-refractivity contribution in [2.75, 3.05) is 18.0 Å².